The van der Waals surface area contributed by atoms with Crippen LogP contribution in [0.2, 0.25) is 0 Å². The Balaban J connectivity index is 2.57. The van der Waals surface area contributed by atoms with Crippen LogP contribution in [0.1, 0.15) is 10.4 Å². The van der Waals surface area contributed by atoms with Crippen molar-refractivity contribution in [2.75, 3.05) is 12.4 Å². The number of halogens is 7. The number of rotatable bonds is 5. The van der Waals surface area contributed by atoms with Gasteiger partial charge in [0, 0.05) is 5.56 Å². The molecule has 152 valence electrons. The molecule has 0 saturated heterocycles. The molecule has 0 aliphatic rings. The smallest absolute Gasteiger partial charge is 0.439 e. The molecule has 4 nitrogen and oxygen atoms in total. The number of methoxy groups -OCH3 is 1. The predicted molar refractivity (Wildman–Crippen MR) is 85.3 cm³/mol. The van der Waals surface area contributed by atoms with E-state index in [0.717, 1.165) is 42.8 Å². The van der Waals surface area contributed by atoms with E-state index in [0.29, 0.717) is 6.07 Å². The summed E-state index contributed by atoms with van der Waals surface area (Å²) < 4.78 is 99.8. The summed E-state index contributed by atoms with van der Waals surface area (Å²) >= 11 is 0. The number of hydrogen-bond donors (Lipinski definition) is 2. The Hall–Kier alpha value is -2.98. The Labute approximate surface area is 154 Å². The van der Waals surface area contributed by atoms with Gasteiger partial charge in [0.2, 0.25) is 0 Å². The van der Waals surface area contributed by atoms with Crippen molar-refractivity contribution in [3.8, 4) is 5.75 Å². The zero-order valence-corrected chi connectivity index (χ0v) is 14.1. The first-order valence-electron chi connectivity index (χ1n) is 7.54. The third kappa shape index (κ3) is 4.12. The molecule has 2 N–H and O–H groups in total. The van der Waals surface area contributed by atoms with Gasteiger partial charge >= 0.3 is 18.0 Å². The van der Waals surface area contributed by atoms with Crippen LogP contribution in [0.15, 0.2) is 48.5 Å². The molecule has 0 aromatic heterocycles. The van der Waals surface area contributed by atoms with Crippen LogP contribution < -0.4 is 15.4 Å². The van der Waals surface area contributed by atoms with Crippen LogP contribution in [0, 0.1) is 5.82 Å². The molecule has 2 aromatic rings. The van der Waals surface area contributed by atoms with Crippen LogP contribution in [0.4, 0.5) is 36.4 Å². The van der Waals surface area contributed by atoms with Crippen molar-refractivity contribution in [3.63, 3.8) is 0 Å². The first-order valence-corrected chi connectivity index (χ1v) is 7.54. The van der Waals surface area contributed by atoms with Crippen molar-refractivity contribution in [2.45, 2.75) is 18.0 Å². The third-order valence-electron chi connectivity index (χ3n) is 3.67. The second-order valence-electron chi connectivity index (χ2n) is 5.54. The molecule has 0 heterocycles. The molecule has 11 heteroatoms. The minimum atomic E-state index is -6.02. The van der Waals surface area contributed by atoms with Gasteiger partial charge < -0.3 is 15.4 Å². The average Bonchev–Trinajstić information content (AvgIpc) is 2.59. The summed E-state index contributed by atoms with van der Waals surface area (Å²) in [6, 6.07) is 7.79. The maximum Gasteiger partial charge on any atom is 0.439 e. The maximum atomic E-state index is 13.6. The molecule has 2 rings (SSSR count). The molecule has 0 unspecified atom stereocenters. The van der Waals surface area contributed by atoms with E-state index in [2.05, 4.69) is 0 Å². The summed E-state index contributed by atoms with van der Waals surface area (Å²) in [5.41, 5.74) is -6.25. The maximum absolute atomic E-state index is 13.6. The fraction of sp³-hybridized carbons (Fsp3) is 0.235. The van der Waals surface area contributed by atoms with Gasteiger partial charge in [-0.2, -0.15) is 26.3 Å². The van der Waals surface area contributed by atoms with E-state index in [-0.39, 0.29) is 5.75 Å². The fourth-order valence-electron chi connectivity index (χ4n) is 2.30. The number of amides is 1. The van der Waals surface area contributed by atoms with E-state index in [1.165, 1.54) is 17.4 Å². The molecule has 28 heavy (non-hydrogen) atoms. The molecule has 0 radical (unpaired) electrons. The number of ether oxygens (including phenoxy) is 1. The topological polar surface area (TPSA) is 50.4 Å². The lowest BCUT2D eigenvalue weighted by atomic mass is 10.1. The number of para-hydroxylation sites is 2. The first-order chi connectivity index (χ1) is 12.9. The Morgan fingerprint density at radius 1 is 0.929 bits per heavy atom. The number of carbonyl (C=O) groups excluding carboxylic acids is 1. The van der Waals surface area contributed by atoms with Gasteiger partial charge in [-0.05, 0) is 30.3 Å². The van der Waals surface area contributed by atoms with Gasteiger partial charge in [-0.3, -0.25) is 4.79 Å². The molecule has 0 fully saturated rings. The van der Waals surface area contributed by atoms with Gasteiger partial charge in [0.25, 0.3) is 5.91 Å². The van der Waals surface area contributed by atoms with Gasteiger partial charge in [0.05, 0.1) is 12.8 Å². The molecular formula is C17H13F7N2O2. The molecular weight excluding hydrogens is 397 g/mol. The zero-order chi connectivity index (χ0) is 21.2. The van der Waals surface area contributed by atoms with Crippen LogP contribution >= 0.6 is 0 Å². The van der Waals surface area contributed by atoms with Crippen molar-refractivity contribution in [1.29, 1.82) is 0 Å². The second kappa shape index (κ2) is 7.56. The van der Waals surface area contributed by atoms with E-state index < -0.39 is 41.0 Å². The zero-order valence-electron chi connectivity index (χ0n) is 14.1. The lowest BCUT2D eigenvalue weighted by molar-refractivity contribution is -0.294. The lowest BCUT2D eigenvalue weighted by Crippen LogP contribution is -2.72. The highest BCUT2D eigenvalue weighted by Crippen LogP contribution is 2.45. The Morgan fingerprint density at radius 3 is 2.07 bits per heavy atom. The Morgan fingerprint density at radius 2 is 1.54 bits per heavy atom. The number of hydrogen-bond acceptors (Lipinski definition) is 3. The molecule has 0 saturated carbocycles. The highest BCUT2D eigenvalue weighted by Gasteiger charge is 2.72. The normalized spacial score (nSPS) is 12.4. The summed E-state index contributed by atoms with van der Waals surface area (Å²) in [5, 5.41) is 2.24. The molecule has 0 bridgehead atoms. The molecule has 1 amide bonds. The number of benzene rings is 2. The monoisotopic (exact) mass is 410 g/mol. The second-order valence-corrected chi connectivity index (χ2v) is 5.54. The molecule has 0 atom stereocenters. The molecule has 0 spiro atoms. The average molecular weight is 410 g/mol. The summed E-state index contributed by atoms with van der Waals surface area (Å²) in [7, 11) is 1.05. The predicted octanol–water partition coefficient (Wildman–Crippen LogP) is 4.50. The minimum Gasteiger partial charge on any atom is -0.495 e. The van der Waals surface area contributed by atoms with Crippen molar-refractivity contribution in [2.24, 2.45) is 0 Å². The van der Waals surface area contributed by atoms with Crippen molar-refractivity contribution in [3.05, 3.63) is 59.9 Å². The van der Waals surface area contributed by atoms with Crippen molar-refractivity contribution >= 4 is 11.6 Å². The number of alkyl halides is 6. The largest absolute Gasteiger partial charge is 0.495 e. The van der Waals surface area contributed by atoms with E-state index in [4.69, 9.17) is 4.74 Å². The molecule has 2 aromatic carbocycles. The van der Waals surface area contributed by atoms with Crippen LogP contribution in [0.25, 0.3) is 0 Å². The van der Waals surface area contributed by atoms with Crippen molar-refractivity contribution < 1.29 is 40.3 Å². The van der Waals surface area contributed by atoms with E-state index >= 15 is 0 Å². The third-order valence-corrected chi connectivity index (χ3v) is 3.67. The summed E-state index contributed by atoms with van der Waals surface area (Å²) in [6.45, 7) is 0. The Bertz CT molecular complexity index is 836. The number of anilines is 1. The van der Waals surface area contributed by atoms with E-state index in [1.54, 1.807) is 0 Å². The quantitative estimate of drug-likeness (QED) is 0.564. The van der Waals surface area contributed by atoms with E-state index in [9.17, 15) is 35.5 Å². The lowest BCUT2D eigenvalue weighted by Gasteiger charge is -2.39. The highest BCUT2D eigenvalue weighted by atomic mass is 19.4. The molecule has 0 aliphatic carbocycles. The van der Waals surface area contributed by atoms with Gasteiger partial charge in [0.1, 0.15) is 11.6 Å². The van der Waals surface area contributed by atoms with Gasteiger partial charge in [-0.1, -0.05) is 18.2 Å². The van der Waals surface area contributed by atoms with Crippen LogP contribution in [-0.2, 0) is 0 Å². The van der Waals surface area contributed by atoms with Gasteiger partial charge in [-0.15, -0.1) is 0 Å². The fourth-order valence-corrected chi connectivity index (χ4v) is 2.30. The highest BCUT2D eigenvalue weighted by molar-refractivity contribution is 5.95. The standard InChI is InChI=1S/C17H13F7N2O2/c1-28-13-8-3-2-7-12(13)25-15(16(19,20)21,17(22,23)24)26-14(27)10-5-4-6-11(18)9-10/h2-9,25H,1H3,(H,26,27). The SMILES string of the molecule is COc1ccccc1NC(NC(=O)c1cccc(F)c1)(C(F)(F)F)C(F)(F)F. The first kappa shape index (κ1) is 21.3. The summed E-state index contributed by atoms with van der Waals surface area (Å²) in [6.07, 6.45) is -12.0. The van der Waals surface area contributed by atoms with E-state index in [1.807, 2.05) is 0 Å². The van der Waals surface area contributed by atoms with Gasteiger partial charge in [0.15, 0.2) is 0 Å². The van der Waals surface area contributed by atoms with Crippen LogP contribution in [0.3, 0.4) is 0 Å². The summed E-state index contributed by atoms with van der Waals surface area (Å²) in [4.78, 5) is 12.1. The minimum absolute atomic E-state index is 0.319. The molecule has 0 aliphatic heterocycles. The van der Waals surface area contributed by atoms with Crippen LogP contribution in [0.5, 0.6) is 5.75 Å². The van der Waals surface area contributed by atoms with Gasteiger partial charge in [-0.25, -0.2) is 4.39 Å². The summed E-state index contributed by atoms with van der Waals surface area (Å²) in [5.74, 6) is -3.10. The van der Waals surface area contributed by atoms with Crippen LogP contribution in [-0.4, -0.2) is 31.0 Å². The Kier molecular flexibility index (Phi) is 5.76. The van der Waals surface area contributed by atoms with Crippen molar-refractivity contribution in [1.82, 2.24) is 5.32 Å². The number of nitrogens with one attached hydrogen (secondary N) is 2. The number of carbonyl (C=O) groups is 1.